The molecule has 1 fully saturated rings. The highest BCUT2D eigenvalue weighted by atomic mass is 32.2. The number of benzene rings is 2. The lowest BCUT2D eigenvalue weighted by molar-refractivity contribution is 0.416. The second kappa shape index (κ2) is 6.61. The smallest absolute Gasteiger partial charge is 0.268 e. The van der Waals surface area contributed by atoms with Crippen LogP contribution >= 0.6 is 0 Å². The summed E-state index contributed by atoms with van der Waals surface area (Å²) in [6.45, 7) is 0. The molecule has 0 saturated carbocycles. The summed E-state index contributed by atoms with van der Waals surface area (Å²) in [4.78, 5) is 0.176. The third-order valence-corrected chi connectivity index (χ3v) is 8.65. The summed E-state index contributed by atoms with van der Waals surface area (Å²) in [6.07, 6.45) is 4.66. The molecular weight excluding hydrogens is 424 g/mol. The number of methoxy groups -OCH3 is 1. The SMILES string of the molecule is COc1cc(S(=O)(=O)n2ccc3ccc(C#N)cc32)cc2c3c(n(C)c12)CC1CCC3N1. The van der Waals surface area contributed by atoms with E-state index in [1.54, 1.807) is 49.7 Å². The van der Waals surface area contributed by atoms with Crippen LogP contribution < -0.4 is 10.1 Å². The molecular formula is C24H22N4O3S. The normalized spacial score (nSPS) is 19.9. The number of aryl methyl sites for hydroxylation is 1. The van der Waals surface area contributed by atoms with Gasteiger partial charge >= 0.3 is 0 Å². The quantitative estimate of drug-likeness (QED) is 0.519. The van der Waals surface area contributed by atoms with Crippen LogP contribution in [0.1, 0.15) is 35.7 Å². The number of nitriles is 1. The predicted octanol–water partition coefficient (Wildman–Crippen LogP) is 3.60. The van der Waals surface area contributed by atoms with Gasteiger partial charge in [-0.25, -0.2) is 12.4 Å². The van der Waals surface area contributed by atoms with Crippen LogP contribution in [0.25, 0.3) is 21.8 Å². The van der Waals surface area contributed by atoms with Crippen LogP contribution in [-0.4, -0.2) is 30.1 Å². The van der Waals surface area contributed by atoms with Gasteiger partial charge < -0.3 is 14.6 Å². The molecule has 4 heterocycles. The molecule has 2 aliphatic heterocycles. The highest BCUT2D eigenvalue weighted by molar-refractivity contribution is 7.90. The van der Waals surface area contributed by atoms with Crippen LogP contribution in [0.5, 0.6) is 5.75 Å². The first kappa shape index (κ1) is 19.4. The minimum absolute atomic E-state index is 0.176. The summed E-state index contributed by atoms with van der Waals surface area (Å²) >= 11 is 0. The second-order valence-electron chi connectivity index (χ2n) is 8.64. The maximum atomic E-state index is 13.8. The summed E-state index contributed by atoms with van der Waals surface area (Å²) in [7, 11) is -0.296. The Balaban J connectivity index is 1.61. The van der Waals surface area contributed by atoms with E-state index in [-0.39, 0.29) is 10.9 Å². The third-order valence-electron chi connectivity index (χ3n) is 6.98. The van der Waals surface area contributed by atoms with Gasteiger partial charge in [0.2, 0.25) is 0 Å². The monoisotopic (exact) mass is 446 g/mol. The van der Waals surface area contributed by atoms with Gasteiger partial charge in [-0.2, -0.15) is 5.26 Å². The van der Waals surface area contributed by atoms with Gasteiger partial charge in [-0.3, -0.25) is 0 Å². The maximum Gasteiger partial charge on any atom is 0.268 e. The van der Waals surface area contributed by atoms with Gasteiger partial charge in [0.1, 0.15) is 5.75 Å². The Hall–Kier alpha value is -3.28. The molecule has 0 amide bonds. The lowest BCUT2D eigenvalue weighted by Crippen LogP contribution is -2.32. The van der Waals surface area contributed by atoms with E-state index in [9.17, 15) is 13.7 Å². The summed E-state index contributed by atoms with van der Waals surface area (Å²) < 4.78 is 36.6. The van der Waals surface area contributed by atoms with E-state index in [4.69, 9.17) is 4.74 Å². The summed E-state index contributed by atoms with van der Waals surface area (Å²) in [5, 5.41) is 14.6. The Morgan fingerprint density at radius 3 is 2.81 bits per heavy atom. The lowest BCUT2D eigenvalue weighted by Gasteiger charge is -2.23. The van der Waals surface area contributed by atoms with Crippen molar-refractivity contribution in [3.05, 3.63) is 59.4 Å². The number of hydrogen-bond donors (Lipinski definition) is 1. The van der Waals surface area contributed by atoms with E-state index >= 15 is 0 Å². The fourth-order valence-electron chi connectivity index (χ4n) is 5.48. The number of aromatic nitrogens is 2. The van der Waals surface area contributed by atoms with E-state index in [1.807, 2.05) is 7.05 Å². The van der Waals surface area contributed by atoms with Gasteiger partial charge in [0.25, 0.3) is 10.0 Å². The molecule has 162 valence electrons. The van der Waals surface area contributed by atoms with Gasteiger partial charge in [-0.1, -0.05) is 6.07 Å². The molecule has 2 unspecified atom stereocenters. The lowest BCUT2D eigenvalue weighted by atomic mass is 9.99. The topological polar surface area (TPSA) is 89.1 Å². The van der Waals surface area contributed by atoms with Crippen molar-refractivity contribution in [2.24, 2.45) is 7.05 Å². The molecule has 0 radical (unpaired) electrons. The van der Waals surface area contributed by atoms with Gasteiger partial charge in [-0.05, 0) is 42.7 Å². The van der Waals surface area contributed by atoms with Crippen molar-refractivity contribution in [1.29, 1.82) is 5.26 Å². The fourth-order valence-corrected chi connectivity index (χ4v) is 6.87. The summed E-state index contributed by atoms with van der Waals surface area (Å²) in [5.74, 6) is 0.544. The van der Waals surface area contributed by atoms with Crippen LogP contribution in [0.3, 0.4) is 0 Å². The number of nitrogens with zero attached hydrogens (tertiary/aromatic N) is 3. The van der Waals surface area contributed by atoms with E-state index in [1.165, 1.54) is 15.2 Å². The summed E-state index contributed by atoms with van der Waals surface area (Å²) in [6, 6.07) is 13.0. The average molecular weight is 447 g/mol. The highest BCUT2D eigenvalue weighted by Crippen LogP contribution is 2.44. The largest absolute Gasteiger partial charge is 0.495 e. The molecule has 32 heavy (non-hydrogen) atoms. The predicted molar refractivity (Wildman–Crippen MR) is 121 cm³/mol. The summed E-state index contributed by atoms with van der Waals surface area (Å²) in [5.41, 5.74) is 4.27. The molecule has 2 bridgehead atoms. The van der Waals surface area contributed by atoms with Gasteiger partial charge in [0.05, 0.1) is 34.7 Å². The van der Waals surface area contributed by atoms with Crippen molar-refractivity contribution < 1.29 is 13.2 Å². The first-order valence-corrected chi connectivity index (χ1v) is 12.1. The average Bonchev–Trinajstić information content (AvgIpc) is 3.48. The molecule has 7 nitrogen and oxygen atoms in total. The molecule has 2 aromatic carbocycles. The van der Waals surface area contributed by atoms with Crippen LogP contribution in [-0.2, 0) is 23.5 Å². The number of rotatable bonds is 3. The van der Waals surface area contributed by atoms with Gasteiger partial charge in [-0.15, -0.1) is 0 Å². The maximum absolute atomic E-state index is 13.8. The van der Waals surface area contributed by atoms with Crippen molar-refractivity contribution >= 4 is 31.8 Å². The van der Waals surface area contributed by atoms with Crippen LogP contribution in [0.2, 0.25) is 0 Å². The van der Waals surface area contributed by atoms with Crippen LogP contribution in [0, 0.1) is 11.3 Å². The Labute approximate surface area is 185 Å². The Bertz CT molecular complexity index is 1570. The molecule has 1 saturated heterocycles. The molecule has 6 rings (SSSR count). The molecule has 4 aromatic rings. The minimum Gasteiger partial charge on any atom is -0.495 e. The second-order valence-corrected chi connectivity index (χ2v) is 10.5. The first-order valence-electron chi connectivity index (χ1n) is 10.6. The van der Waals surface area contributed by atoms with E-state index in [0.717, 1.165) is 35.6 Å². The van der Waals surface area contributed by atoms with Gasteiger partial charge in [0, 0.05) is 54.3 Å². The van der Waals surface area contributed by atoms with Gasteiger partial charge in [0.15, 0.2) is 0 Å². The molecule has 1 N–H and O–H groups in total. The molecule has 2 aromatic heterocycles. The van der Waals surface area contributed by atoms with E-state index in [0.29, 0.717) is 22.9 Å². The van der Waals surface area contributed by atoms with Crippen molar-refractivity contribution in [2.75, 3.05) is 7.11 Å². The Morgan fingerprint density at radius 1 is 1.19 bits per heavy atom. The minimum atomic E-state index is -3.90. The van der Waals surface area contributed by atoms with E-state index in [2.05, 4.69) is 16.0 Å². The van der Waals surface area contributed by atoms with Crippen molar-refractivity contribution in [3.8, 4) is 11.8 Å². The zero-order valence-corrected chi connectivity index (χ0v) is 18.6. The molecule has 2 atom stereocenters. The zero-order chi connectivity index (χ0) is 22.2. The molecule has 2 aliphatic rings. The van der Waals surface area contributed by atoms with Crippen molar-refractivity contribution in [3.63, 3.8) is 0 Å². The van der Waals surface area contributed by atoms with Crippen LogP contribution in [0.15, 0.2) is 47.5 Å². The number of hydrogen-bond acceptors (Lipinski definition) is 5. The Morgan fingerprint density at radius 2 is 2.03 bits per heavy atom. The zero-order valence-electron chi connectivity index (χ0n) is 17.8. The molecule has 0 spiro atoms. The van der Waals surface area contributed by atoms with E-state index < -0.39 is 10.0 Å². The standard InChI is InChI=1S/C24H22N4O3S/c1-27-21-10-16-5-6-19(26-16)23(21)18-11-17(12-22(31-2)24(18)27)32(29,30)28-8-7-15-4-3-14(13-25)9-20(15)28/h3-4,7-9,11-12,16,19,26H,5-6,10H2,1-2H3. The molecule has 8 heteroatoms. The fraction of sp³-hybridized carbons (Fsp3) is 0.292. The highest BCUT2D eigenvalue weighted by Gasteiger charge is 2.37. The first-order chi connectivity index (χ1) is 15.4. The molecule has 0 aliphatic carbocycles. The number of nitrogens with one attached hydrogen (secondary N) is 1. The number of fused-ring (bicyclic) bond motifs is 7. The van der Waals surface area contributed by atoms with Crippen LogP contribution in [0.4, 0.5) is 0 Å². The Kier molecular flexibility index (Phi) is 4.01. The number of ether oxygens (including phenoxy) is 1. The van der Waals surface area contributed by atoms with Crippen molar-refractivity contribution in [2.45, 2.75) is 36.2 Å². The van der Waals surface area contributed by atoms with Crippen molar-refractivity contribution in [1.82, 2.24) is 13.9 Å². The third kappa shape index (κ3) is 2.52.